The Balaban J connectivity index is 3.61. The SMILES string of the molecule is CO[Si](CCCSCCN)(OC)OC. The molecule has 6 heteroatoms. The quantitative estimate of drug-likeness (QED) is 0.479. The molecule has 86 valence electrons. The minimum Gasteiger partial charge on any atom is -0.377 e. The predicted octanol–water partition coefficient (Wildman–Crippen LogP) is 0.947. The number of rotatable bonds is 9. The standard InChI is InChI=1S/C8H21NO3SSi/c1-10-14(11-2,12-3)8-4-6-13-7-5-9/h4-9H2,1-3H3. The van der Waals surface area contributed by atoms with E-state index in [1.165, 1.54) is 0 Å². The van der Waals surface area contributed by atoms with E-state index in [1.807, 2.05) is 11.8 Å². The highest BCUT2D eigenvalue weighted by Crippen LogP contribution is 2.16. The highest BCUT2D eigenvalue weighted by atomic mass is 32.2. The molecule has 0 saturated carbocycles. The Labute approximate surface area is 91.8 Å². The zero-order valence-corrected chi connectivity index (χ0v) is 11.1. The van der Waals surface area contributed by atoms with E-state index in [2.05, 4.69) is 0 Å². The van der Waals surface area contributed by atoms with Gasteiger partial charge in [0.1, 0.15) is 0 Å². The molecule has 0 bridgehead atoms. The lowest BCUT2D eigenvalue weighted by Crippen LogP contribution is -2.42. The van der Waals surface area contributed by atoms with Gasteiger partial charge in [0.25, 0.3) is 0 Å². The molecule has 2 N–H and O–H groups in total. The second-order valence-electron chi connectivity index (χ2n) is 2.80. The van der Waals surface area contributed by atoms with Gasteiger partial charge in [-0.15, -0.1) is 0 Å². The van der Waals surface area contributed by atoms with Crippen molar-refractivity contribution in [3.05, 3.63) is 0 Å². The third-order valence-electron chi connectivity index (χ3n) is 1.97. The summed E-state index contributed by atoms with van der Waals surface area (Å²) < 4.78 is 15.9. The van der Waals surface area contributed by atoms with Crippen LogP contribution in [-0.2, 0) is 13.3 Å². The van der Waals surface area contributed by atoms with Crippen LogP contribution in [0.3, 0.4) is 0 Å². The number of hydrogen-bond donors (Lipinski definition) is 1. The van der Waals surface area contributed by atoms with Crippen LogP contribution in [0.25, 0.3) is 0 Å². The average molecular weight is 239 g/mol. The maximum absolute atomic E-state index is 5.39. The van der Waals surface area contributed by atoms with Crippen LogP contribution >= 0.6 is 11.8 Å². The largest absolute Gasteiger partial charge is 0.500 e. The minimum absolute atomic E-state index is 0.742. The van der Waals surface area contributed by atoms with Crippen molar-refractivity contribution in [3.63, 3.8) is 0 Å². The molecule has 0 aliphatic carbocycles. The van der Waals surface area contributed by atoms with Gasteiger partial charge in [-0.1, -0.05) is 0 Å². The fourth-order valence-corrected chi connectivity index (χ4v) is 3.83. The van der Waals surface area contributed by atoms with Crippen molar-refractivity contribution in [2.45, 2.75) is 12.5 Å². The molecule has 0 amide bonds. The highest BCUT2D eigenvalue weighted by molar-refractivity contribution is 7.99. The van der Waals surface area contributed by atoms with E-state index in [0.717, 1.165) is 30.5 Å². The molecule has 0 heterocycles. The van der Waals surface area contributed by atoms with E-state index >= 15 is 0 Å². The molecular formula is C8H21NO3SSi. The smallest absolute Gasteiger partial charge is 0.377 e. The van der Waals surface area contributed by atoms with Crippen molar-refractivity contribution in [2.24, 2.45) is 5.73 Å². The number of hydrogen-bond acceptors (Lipinski definition) is 5. The maximum Gasteiger partial charge on any atom is 0.500 e. The first kappa shape index (κ1) is 14.4. The summed E-state index contributed by atoms with van der Waals surface area (Å²) in [5.74, 6) is 2.10. The maximum atomic E-state index is 5.39. The second-order valence-corrected chi connectivity index (χ2v) is 7.12. The van der Waals surface area contributed by atoms with Gasteiger partial charge in [0.05, 0.1) is 0 Å². The first-order chi connectivity index (χ1) is 6.74. The molecule has 0 rings (SSSR count). The molecule has 0 saturated heterocycles. The molecule has 0 aromatic rings. The van der Waals surface area contributed by atoms with Crippen molar-refractivity contribution in [1.29, 1.82) is 0 Å². The summed E-state index contributed by atoms with van der Waals surface area (Å²) in [6, 6.07) is 0.869. The van der Waals surface area contributed by atoms with Crippen LogP contribution in [0.1, 0.15) is 6.42 Å². The Bertz CT molecular complexity index is 127. The molecule has 0 unspecified atom stereocenters. The van der Waals surface area contributed by atoms with Crippen LogP contribution < -0.4 is 5.73 Å². The average Bonchev–Trinajstić information content (AvgIpc) is 2.24. The van der Waals surface area contributed by atoms with Crippen LogP contribution in [0.4, 0.5) is 0 Å². The van der Waals surface area contributed by atoms with Crippen LogP contribution in [0.15, 0.2) is 0 Å². The number of thioether (sulfide) groups is 1. The lowest BCUT2D eigenvalue weighted by molar-refractivity contribution is 0.123. The van der Waals surface area contributed by atoms with Crippen molar-refractivity contribution in [3.8, 4) is 0 Å². The summed E-state index contributed by atoms with van der Waals surface area (Å²) in [6.07, 6.45) is 1.05. The Morgan fingerprint density at radius 2 is 1.64 bits per heavy atom. The van der Waals surface area contributed by atoms with Crippen molar-refractivity contribution >= 4 is 20.6 Å². The van der Waals surface area contributed by atoms with Crippen molar-refractivity contribution < 1.29 is 13.3 Å². The molecule has 0 radical (unpaired) electrons. The normalized spacial score (nSPS) is 12.0. The fourth-order valence-electron chi connectivity index (χ4n) is 1.13. The highest BCUT2D eigenvalue weighted by Gasteiger charge is 2.36. The monoisotopic (exact) mass is 239 g/mol. The molecule has 0 fully saturated rings. The summed E-state index contributed by atoms with van der Waals surface area (Å²) >= 11 is 1.86. The predicted molar refractivity (Wildman–Crippen MR) is 62.6 cm³/mol. The van der Waals surface area contributed by atoms with Gasteiger partial charge < -0.3 is 19.0 Å². The molecule has 4 nitrogen and oxygen atoms in total. The molecule has 14 heavy (non-hydrogen) atoms. The van der Waals surface area contributed by atoms with Gasteiger partial charge in [0.2, 0.25) is 0 Å². The van der Waals surface area contributed by atoms with Crippen LogP contribution in [0.5, 0.6) is 0 Å². The van der Waals surface area contributed by atoms with Gasteiger partial charge in [-0.05, 0) is 12.2 Å². The summed E-state index contributed by atoms with van der Waals surface area (Å²) in [5, 5.41) is 0. The molecule has 0 atom stereocenters. The zero-order valence-electron chi connectivity index (χ0n) is 9.25. The van der Waals surface area contributed by atoms with E-state index in [-0.39, 0.29) is 0 Å². The minimum atomic E-state index is -2.32. The van der Waals surface area contributed by atoms with Crippen LogP contribution in [0, 0.1) is 0 Å². The third-order valence-corrected chi connectivity index (χ3v) is 5.90. The Morgan fingerprint density at radius 3 is 2.07 bits per heavy atom. The third kappa shape index (κ3) is 5.33. The van der Waals surface area contributed by atoms with Gasteiger partial charge in [-0.2, -0.15) is 11.8 Å². The zero-order chi connectivity index (χ0) is 10.9. The number of nitrogens with two attached hydrogens (primary N) is 1. The Morgan fingerprint density at radius 1 is 1.07 bits per heavy atom. The first-order valence-electron chi connectivity index (χ1n) is 4.68. The van der Waals surface area contributed by atoms with Crippen molar-refractivity contribution in [2.75, 3.05) is 39.4 Å². The van der Waals surface area contributed by atoms with E-state index in [0.29, 0.717) is 0 Å². The van der Waals surface area contributed by atoms with Gasteiger partial charge in [-0.3, -0.25) is 0 Å². The summed E-state index contributed by atoms with van der Waals surface area (Å²) in [4.78, 5) is 0. The topological polar surface area (TPSA) is 53.7 Å². The summed E-state index contributed by atoms with van der Waals surface area (Å²) in [6.45, 7) is 0.742. The van der Waals surface area contributed by atoms with Gasteiger partial charge in [0, 0.05) is 39.7 Å². The summed E-state index contributed by atoms with van der Waals surface area (Å²) in [7, 11) is 2.61. The van der Waals surface area contributed by atoms with Gasteiger partial charge in [-0.25, -0.2) is 0 Å². The molecule has 0 aromatic carbocycles. The lowest BCUT2D eigenvalue weighted by atomic mass is 10.6. The molecular weight excluding hydrogens is 218 g/mol. The van der Waals surface area contributed by atoms with Gasteiger partial charge >= 0.3 is 8.80 Å². The van der Waals surface area contributed by atoms with E-state index in [1.54, 1.807) is 21.3 Å². The Hall–Kier alpha value is 0.407. The van der Waals surface area contributed by atoms with E-state index in [9.17, 15) is 0 Å². The molecule has 0 aromatic heterocycles. The van der Waals surface area contributed by atoms with E-state index < -0.39 is 8.80 Å². The fraction of sp³-hybridized carbons (Fsp3) is 1.00. The van der Waals surface area contributed by atoms with E-state index in [4.69, 9.17) is 19.0 Å². The van der Waals surface area contributed by atoms with Crippen LogP contribution in [0.2, 0.25) is 6.04 Å². The molecule has 0 aliphatic heterocycles. The van der Waals surface area contributed by atoms with Crippen molar-refractivity contribution in [1.82, 2.24) is 0 Å². The molecule has 0 aliphatic rings. The summed E-state index contributed by atoms with van der Waals surface area (Å²) in [5.41, 5.74) is 5.39. The van der Waals surface area contributed by atoms with Gasteiger partial charge in [0.15, 0.2) is 0 Å². The second kappa shape index (κ2) is 8.69. The Kier molecular flexibility index (Phi) is 8.95. The lowest BCUT2D eigenvalue weighted by Gasteiger charge is -2.24. The molecule has 0 spiro atoms. The first-order valence-corrected chi connectivity index (χ1v) is 7.76. The van der Waals surface area contributed by atoms with Crippen LogP contribution in [-0.4, -0.2) is 48.2 Å².